The number of nitrogens with two attached hydrogens (primary N) is 1. The molecular formula is C19H26ClFN4O3. The van der Waals surface area contributed by atoms with Gasteiger partial charge in [0.2, 0.25) is 5.95 Å². The molecule has 2 atom stereocenters. The molecule has 0 aromatic carbocycles. The number of aryl methyl sites for hydroxylation is 1. The van der Waals surface area contributed by atoms with Crippen LogP contribution in [0.15, 0.2) is 18.3 Å². The average Bonchev–Trinajstić information content (AvgIpc) is 3.03. The third-order valence-electron chi connectivity index (χ3n) is 6.15. The SMILES string of the molecule is Cc1cccn2c(F)c(C(=O)N3CCC4(CC3)[C@H](O)C[C@@H]4OCCN)nc12.Cl. The van der Waals surface area contributed by atoms with Crippen LogP contribution in [0, 0.1) is 18.3 Å². The van der Waals surface area contributed by atoms with Gasteiger partial charge in [0.15, 0.2) is 5.69 Å². The van der Waals surface area contributed by atoms with E-state index in [1.165, 1.54) is 4.40 Å². The van der Waals surface area contributed by atoms with Crippen LogP contribution < -0.4 is 5.73 Å². The maximum atomic E-state index is 14.7. The number of aliphatic hydroxyl groups is 1. The minimum absolute atomic E-state index is 0. The van der Waals surface area contributed by atoms with Gasteiger partial charge in [-0.15, -0.1) is 12.4 Å². The van der Waals surface area contributed by atoms with Crippen molar-refractivity contribution in [3.05, 3.63) is 35.5 Å². The van der Waals surface area contributed by atoms with Gasteiger partial charge in [-0.3, -0.25) is 9.20 Å². The number of likely N-dealkylation sites (tertiary alicyclic amines) is 1. The molecule has 1 aliphatic heterocycles. The first-order chi connectivity index (χ1) is 13.0. The Bertz CT molecular complexity index is 866. The molecule has 1 saturated carbocycles. The topological polar surface area (TPSA) is 93.1 Å². The van der Waals surface area contributed by atoms with Crippen LogP contribution in [-0.4, -0.2) is 63.7 Å². The smallest absolute Gasteiger partial charge is 0.277 e. The quantitative estimate of drug-likeness (QED) is 0.794. The Hall–Kier alpha value is -1.74. The number of ether oxygens (including phenoxy) is 1. The molecule has 3 N–H and O–H groups in total. The summed E-state index contributed by atoms with van der Waals surface area (Å²) in [7, 11) is 0. The second-order valence-corrected chi connectivity index (χ2v) is 7.56. The van der Waals surface area contributed by atoms with Crippen molar-refractivity contribution in [3.8, 4) is 0 Å². The molecule has 3 heterocycles. The van der Waals surface area contributed by atoms with E-state index >= 15 is 0 Å². The first-order valence-corrected chi connectivity index (χ1v) is 9.40. The molecule has 0 radical (unpaired) electrons. The average molecular weight is 413 g/mol. The zero-order chi connectivity index (χ0) is 19.2. The van der Waals surface area contributed by atoms with Crippen molar-refractivity contribution in [1.29, 1.82) is 0 Å². The van der Waals surface area contributed by atoms with Crippen LogP contribution in [0.4, 0.5) is 4.39 Å². The van der Waals surface area contributed by atoms with E-state index in [1.807, 2.05) is 13.0 Å². The van der Waals surface area contributed by atoms with Crippen molar-refractivity contribution >= 4 is 24.0 Å². The molecule has 9 heteroatoms. The van der Waals surface area contributed by atoms with E-state index in [9.17, 15) is 14.3 Å². The van der Waals surface area contributed by atoms with Gasteiger partial charge in [0, 0.05) is 37.7 Å². The highest BCUT2D eigenvalue weighted by molar-refractivity contribution is 5.93. The van der Waals surface area contributed by atoms with Gasteiger partial charge in [-0.2, -0.15) is 4.39 Å². The number of carbonyl (C=O) groups excluding carboxylic acids is 1. The van der Waals surface area contributed by atoms with Crippen LogP contribution in [-0.2, 0) is 4.74 Å². The summed E-state index contributed by atoms with van der Waals surface area (Å²) in [5.74, 6) is -1.04. The van der Waals surface area contributed by atoms with E-state index < -0.39 is 18.0 Å². The number of amides is 1. The highest BCUT2D eigenvalue weighted by atomic mass is 35.5. The Morgan fingerprint density at radius 2 is 2.18 bits per heavy atom. The zero-order valence-electron chi connectivity index (χ0n) is 15.8. The lowest BCUT2D eigenvalue weighted by atomic mass is 9.58. The van der Waals surface area contributed by atoms with Crippen LogP contribution in [0.2, 0.25) is 0 Å². The van der Waals surface area contributed by atoms with E-state index in [2.05, 4.69) is 4.98 Å². The first-order valence-electron chi connectivity index (χ1n) is 9.40. The number of pyridine rings is 1. The van der Waals surface area contributed by atoms with Gasteiger partial charge >= 0.3 is 0 Å². The number of aromatic nitrogens is 2. The molecule has 1 aliphatic carbocycles. The Morgan fingerprint density at radius 3 is 2.79 bits per heavy atom. The van der Waals surface area contributed by atoms with Gasteiger partial charge < -0.3 is 20.5 Å². The van der Waals surface area contributed by atoms with Gasteiger partial charge in [-0.05, 0) is 31.4 Å². The van der Waals surface area contributed by atoms with Crippen LogP contribution in [0.5, 0.6) is 0 Å². The van der Waals surface area contributed by atoms with Crippen molar-refractivity contribution in [2.24, 2.45) is 11.1 Å². The zero-order valence-corrected chi connectivity index (χ0v) is 16.6. The van der Waals surface area contributed by atoms with Gasteiger partial charge in [-0.25, -0.2) is 4.98 Å². The third-order valence-corrected chi connectivity index (χ3v) is 6.15. The maximum absolute atomic E-state index is 14.7. The van der Waals surface area contributed by atoms with E-state index in [0.717, 1.165) is 5.56 Å². The summed E-state index contributed by atoms with van der Waals surface area (Å²) in [6.07, 6.45) is 2.98. The Morgan fingerprint density at radius 1 is 1.46 bits per heavy atom. The van der Waals surface area contributed by atoms with Crippen LogP contribution in [0.3, 0.4) is 0 Å². The molecule has 2 aliphatic rings. The van der Waals surface area contributed by atoms with Crippen molar-refractivity contribution in [1.82, 2.24) is 14.3 Å². The number of hydrogen-bond donors (Lipinski definition) is 2. The third kappa shape index (κ3) is 3.18. The summed E-state index contributed by atoms with van der Waals surface area (Å²) in [5, 5.41) is 10.3. The highest BCUT2D eigenvalue weighted by Crippen LogP contribution is 2.51. The van der Waals surface area contributed by atoms with Crippen molar-refractivity contribution in [2.75, 3.05) is 26.2 Å². The first kappa shape index (κ1) is 21.0. The van der Waals surface area contributed by atoms with Crippen molar-refractivity contribution in [2.45, 2.75) is 38.4 Å². The summed E-state index contributed by atoms with van der Waals surface area (Å²) in [6.45, 7) is 3.64. The normalized spacial score (nSPS) is 23.5. The number of piperidine rings is 1. The van der Waals surface area contributed by atoms with Crippen LogP contribution in [0.25, 0.3) is 5.65 Å². The second-order valence-electron chi connectivity index (χ2n) is 7.56. The molecule has 2 aromatic rings. The number of hydrogen-bond acceptors (Lipinski definition) is 5. The molecule has 0 bridgehead atoms. The minimum Gasteiger partial charge on any atom is -0.392 e. The molecule has 1 spiro atoms. The summed E-state index contributed by atoms with van der Waals surface area (Å²) in [4.78, 5) is 18.7. The van der Waals surface area contributed by atoms with E-state index in [1.54, 1.807) is 17.2 Å². The number of rotatable bonds is 4. The minimum atomic E-state index is -0.633. The van der Waals surface area contributed by atoms with E-state index in [-0.39, 0.29) is 29.6 Å². The fraction of sp³-hybridized carbons (Fsp3) is 0.579. The van der Waals surface area contributed by atoms with Gasteiger partial charge in [-0.1, -0.05) is 6.07 Å². The molecule has 1 saturated heterocycles. The fourth-order valence-corrected chi connectivity index (χ4v) is 4.41. The predicted octanol–water partition coefficient (Wildman–Crippen LogP) is 1.53. The maximum Gasteiger partial charge on any atom is 0.277 e. The lowest BCUT2D eigenvalue weighted by molar-refractivity contribution is -0.208. The highest BCUT2D eigenvalue weighted by Gasteiger charge is 2.56. The molecule has 7 nitrogen and oxygen atoms in total. The second kappa shape index (κ2) is 7.94. The van der Waals surface area contributed by atoms with Gasteiger partial charge in [0.1, 0.15) is 5.65 Å². The number of fused-ring (bicyclic) bond motifs is 1. The standard InChI is InChI=1S/C19H25FN4O3.ClH/c1-12-3-2-7-24-16(20)15(22-17(12)24)18(26)23-8-4-19(5-9-23)13(25)11-14(19)27-10-6-21;/h2-3,7,13-14,25H,4-6,8-11,21H2,1H3;1H/t13-,14+;/m1./s1. The Kier molecular flexibility index (Phi) is 5.95. The fourth-order valence-electron chi connectivity index (χ4n) is 4.41. The molecule has 2 fully saturated rings. The molecule has 0 unspecified atom stereocenters. The van der Waals surface area contributed by atoms with E-state index in [0.29, 0.717) is 51.2 Å². The molecule has 154 valence electrons. The molecule has 28 heavy (non-hydrogen) atoms. The summed E-state index contributed by atoms with van der Waals surface area (Å²) < 4.78 is 21.8. The monoisotopic (exact) mass is 412 g/mol. The summed E-state index contributed by atoms with van der Waals surface area (Å²) in [6, 6.07) is 3.56. The molecular weight excluding hydrogens is 387 g/mol. The molecule has 2 aromatic heterocycles. The van der Waals surface area contributed by atoms with Crippen molar-refractivity contribution in [3.63, 3.8) is 0 Å². The Balaban J connectivity index is 0.00000225. The summed E-state index contributed by atoms with van der Waals surface area (Å²) in [5.41, 5.74) is 6.30. The van der Waals surface area contributed by atoms with Gasteiger partial charge in [0.25, 0.3) is 5.91 Å². The van der Waals surface area contributed by atoms with Crippen LogP contribution in [0.1, 0.15) is 35.3 Å². The summed E-state index contributed by atoms with van der Waals surface area (Å²) >= 11 is 0. The largest absolute Gasteiger partial charge is 0.392 e. The van der Waals surface area contributed by atoms with E-state index in [4.69, 9.17) is 10.5 Å². The predicted molar refractivity (Wildman–Crippen MR) is 104 cm³/mol. The van der Waals surface area contributed by atoms with Crippen molar-refractivity contribution < 1.29 is 19.0 Å². The number of nitrogens with zero attached hydrogens (tertiary/aromatic N) is 3. The molecule has 1 amide bonds. The lowest BCUT2D eigenvalue weighted by Gasteiger charge is -2.56. The number of carbonyl (C=O) groups is 1. The number of imidazole rings is 1. The lowest BCUT2D eigenvalue weighted by Crippen LogP contribution is -2.63. The number of halogens is 2. The van der Waals surface area contributed by atoms with Gasteiger partial charge in [0.05, 0.1) is 18.8 Å². The Labute approximate surface area is 169 Å². The van der Waals surface area contributed by atoms with Crippen LogP contribution >= 0.6 is 12.4 Å². The number of aliphatic hydroxyl groups excluding tert-OH is 1. The molecule has 4 rings (SSSR count).